The van der Waals surface area contributed by atoms with Gasteiger partial charge in [0, 0.05) is 0 Å². The Kier molecular flexibility index (Phi) is 15.3. The summed E-state index contributed by atoms with van der Waals surface area (Å²) in [4.78, 5) is 91.1. The van der Waals surface area contributed by atoms with Crippen LogP contribution in [0.2, 0.25) is 0 Å². The Morgan fingerprint density at radius 1 is 0.457 bits per heavy atom. The van der Waals surface area contributed by atoms with Crippen molar-refractivity contribution in [3.05, 3.63) is 0 Å². The Morgan fingerprint density at radius 3 is 1.03 bits per heavy atom. The molecule has 0 aromatic carbocycles. The molecule has 0 aromatic rings. The molecule has 0 aliphatic rings. The molecule has 0 N–H and O–H groups in total. The molecule has 0 aliphatic heterocycles. The van der Waals surface area contributed by atoms with Gasteiger partial charge in [0.25, 0.3) is 0 Å². The minimum atomic E-state index is -1.17. The van der Waals surface area contributed by atoms with Crippen LogP contribution in [0.15, 0.2) is 0 Å². The van der Waals surface area contributed by atoms with Crippen molar-refractivity contribution in [2.24, 2.45) is 0 Å². The van der Waals surface area contributed by atoms with E-state index in [-0.39, 0.29) is 13.2 Å². The Hall–Kier alpha value is -3.48. The third kappa shape index (κ3) is 18.6. The highest BCUT2D eigenvalue weighted by molar-refractivity contribution is 5.95. The summed E-state index contributed by atoms with van der Waals surface area (Å²) in [5.74, 6) is -5.34. The second kappa shape index (κ2) is 17.0. The van der Waals surface area contributed by atoms with Crippen LogP contribution in [-0.2, 0) is 62.0 Å². The Morgan fingerprint density at radius 2 is 0.743 bits per heavy atom. The topological polar surface area (TPSA) is 183 Å². The van der Waals surface area contributed by atoms with Gasteiger partial charge in [-0.15, -0.1) is 0 Å². The molecule has 0 aromatic heterocycles. The lowest BCUT2D eigenvalue weighted by Crippen LogP contribution is -2.34. The summed E-state index contributed by atoms with van der Waals surface area (Å²) >= 11 is 0. The standard InChI is InChI=1S/C22H30O13/c1-13(23)5-19(27)32-11-17(34-21(29)7-15(3)25)9-31-10-18(35-22(30)8-16(4)26)12-33-20(28)6-14(2)24/h17-18H,5-12H2,1-4H3. The first kappa shape index (κ1) is 31.5. The molecule has 2 atom stereocenters. The minimum absolute atomic E-state index is 0.390. The van der Waals surface area contributed by atoms with E-state index in [0.717, 1.165) is 0 Å². The highest BCUT2D eigenvalue weighted by Crippen LogP contribution is 2.05. The van der Waals surface area contributed by atoms with Gasteiger partial charge in [0.1, 0.15) is 62.0 Å². The van der Waals surface area contributed by atoms with Crippen molar-refractivity contribution >= 4 is 47.0 Å². The van der Waals surface area contributed by atoms with E-state index in [4.69, 9.17) is 23.7 Å². The molecule has 35 heavy (non-hydrogen) atoms. The molecule has 0 aliphatic carbocycles. The smallest absolute Gasteiger partial charge is 0.313 e. The number of carbonyl (C=O) groups is 8. The number of hydrogen-bond donors (Lipinski definition) is 0. The zero-order valence-electron chi connectivity index (χ0n) is 20.1. The lowest BCUT2D eigenvalue weighted by Gasteiger charge is -2.21. The van der Waals surface area contributed by atoms with E-state index < -0.39 is 98.1 Å². The Bertz CT molecular complexity index is 748. The largest absolute Gasteiger partial charge is 0.461 e. The van der Waals surface area contributed by atoms with Crippen LogP contribution >= 0.6 is 0 Å². The molecule has 13 heteroatoms. The van der Waals surface area contributed by atoms with Gasteiger partial charge >= 0.3 is 23.9 Å². The second-order valence-corrected chi connectivity index (χ2v) is 7.64. The molecule has 2 unspecified atom stereocenters. The highest BCUT2D eigenvalue weighted by Gasteiger charge is 2.23. The van der Waals surface area contributed by atoms with Crippen LogP contribution in [0, 0.1) is 0 Å². The van der Waals surface area contributed by atoms with E-state index in [1.165, 1.54) is 27.7 Å². The molecule has 0 heterocycles. The fourth-order valence-corrected chi connectivity index (χ4v) is 2.31. The van der Waals surface area contributed by atoms with Gasteiger partial charge in [-0.2, -0.15) is 0 Å². The van der Waals surface area contributed by atoms with Gasteiger partial charge in [-0.25, -0.2) is 0 Å². The van der Waals surface area contributed by atoms with E-state index in [1.54, 1.807) is 0 Å². The van der Waals surface area contributed by atoms with Gasteiger partial charge in [0.15, 0.2) is 12.2 Å². The van der Waals surface area contributed by atoms with Crippen LogP contribution in [0.25, 0.3) is 0 Å². The summed E-state index contributed by atoms with van der Waals surface area (Å²) in [6.07, 6.45) is -4.40. The van der Waals surface area contributed by atoms with E-state index in [9.17, 15) is 38.4 Å². The molecule has 0 saturated heterocycles. The number of hydrogen-bond acceptors (Lipinski definition) is 13. The van der Waals surface area contributed by atoms with E-state index in [2.05, 4.69) is 0 Å². The maximum absolute atomic E-state index is 11.8. The molecule has 0 bridgehead atoms. The number of rotatable bonds is 18. The third-order valence-corrected chi connectivity index (χ3v) is 3.64. The fraction of sp³-hybridized carbons (Fsp3) is 0.636. The van der Waals surface area contributed by atoms with Crippen LogP contribution in [-0.4, -0.2) is 85.6 Å². The van der Waals surface area contributed by atoms with Gasteiger partial charge in [-0.1, -0.05) is 0 Å². The van der Waals surface area contributed by atoms with Gasteiger partial charge in [-0.05, 0) is 27.7 Å². The van der Waals surface area contributed by atoms with Crippen molar-refractivity contribution in [3.63, 3.8) is 0 Å². The SMILES string of the molecule is CC(=O)CC(=O)OCC(COCC(COC(=O)CC(C)=O)OC(=O)CC(C)=O)OC(=O)CC(C)=O. The van der Waals surface area contributed by atoms with Crippen LogP contribution in [0.4, 0.5) is 0 Å². The van der Waals surface area contributed by atoms with Crippen LogP contribution in [0.3, 0.4) is 0 Å². The third-order valence-electron chi connectivity index (χ3n) is 3.64. The van der Waals surface area contributed by atoms with Crippen molar-refractivity contribution in [2.45, 2.75) is 65.6 Å². The second-order valence-electron chi connectivity index (χ2n) is 7.64. The number of Topliss-reactive ketones (excluding diaryl/α,β-unsaturated/α-hetero) is 4. The van der Waals surface area contributed by atoms with Crippen LogP contribution < -0.4 is 0 Å². The molecule has 0 radical (unpaired) electrons. The van der Waals surface area contributed by atoms with E-state index in [0.29, 0.717) is 0 Å². The molecule has 196 valence electrons. The summed E-state index contributed by atoms with van der Waals surface area (Å²) in [6, 6.07) is 0. The number of carbonyl (C=O) groups excluding carboxylic acids is 8. The zero-order valence-corrected chi connectivity index (χ0v) is 20.1. The number of esters is 4. The van der Waals surface area contributed by atoms with Crippen molar-refractivity contribution in [2.75, 3.05) is 26.4 Å². The van der Waals surface area contributed by atoms with E-state index in [1.807, 2.05) is 0 Å². The van der Waals surface area contributed by atoms with Crippen molar-refractivity contribution in [3.8, 4) is 0 Å². The summed E-state index contributed by atoms with van der Waals surface area (Å²) in [6.45, 7) is 2.96. The van der Waals surface area contributed by atoms with Gasteiger partial charge < -0.3 is 23.7 Å². The van der Waals surface area contributed by atoms with Crippen molar-refractivity contribution in [1.29, 1.82) is 0 Å². The van der Waals surface area contributed by atoms with Gasteiger partial charge in [-0.3, -0.25) is 38.4 Å². The van der Waals surface area contributed by atoms with E-state index >= 15 is 0 Å². The predicted molar refractivity (Wildman–Crippen MR) is 114 cm³/mol. The summed E-state index contributed by atoms with van der Waals surface area (Å²) in [5, 5.41) is 0. The molecule has 0 rings (SSSR count). The average molecular weight is 502 g/mol. The maximum Gasteiger partial charge on any atom is 0.313 e. The lowest BCUT2D eigenvalue weighted by molar-refractivity contribution is -0.169. The quantitative estimate of drug-likeness (QED) is 0.137. The molecule has 0 spiro atoms. The maximum atomic E-state index is 11.8. The summed E-state index contributed by atoms with van der Waals surface area (Å²) in [7, 11) is 0. The normalized spacial score (nSPS) is 12.0. The first-order valence-electron chi connectivity index (χ1n) is 10.5. The number of ether oxygens (including phenoxy) is 5. The number of ketones is 4. The van der Waals surface area contributed by atoms with Gasteiger partial charge in [0.2, 0.25) is 0 Å². The molecule has 0 amide bonds. The molecule has 0 saturated carbocycles. The fourth-order valence-electron chi connectivity index (χ4n) is 2.31. The highest BCUT2D eigenvalue weighted by atomic mass is 16.6. The van der Waals surface area contributed by atoms with Crippen molar-refractivity contribution < 1.29 is 62.0 Å². The molecule has 13 nitrogen and oxygen atoms in total. The first-order valence-corrected chi connectivity index (χ1v) is 10.5. The van der Waals surface area contributed by atoms with Crippen LogP contribution in [0.1, 0.15) is 53.4 Å². The predicted octanol–water partition coefficient (Wildman–Crippen LogP) is -0.171. The lowest BCUT2D eigenvalue weighted by atomic mass is 10.3. The van der Waals surface area contributed by atoms with Crippen LogP contribution in [0.5, 0.6) is 0 Å². The minimum Gasteiger partial charge on any atom is -0.461 e. The molecular weight excluding hydrogens is 472 g/mol. The summed E-state index contributed by atoms with van der Waals surface area (Å²) in [5.41, 5.74) is 0. The summed E-state index contributed by atoms with van der Waals surface area (Å²) < 4.78 is 25.2. The monoisotopic (exact) mass is 502 g/mol. The average Bonchev–Trinajstić information content (AvgIpc) is 2.67. The first-order chi connectivity index (χ1) is 16.3. The van der Waals surface area contributed by atoms with Gasteiger partial charge in [0.05, 0.1) is 13.2 Å². The Labute approximate surface area is 201 Å². The molecular formula is C22H30O13. The zero-order chi connectivity index (χ0) is 27.0. The molecule has 0 fully saturated rings. The Balaban J connectivity index is 5.07. The van der Waals surface area contributed by atoms with Crippen molar-refractivity contribution in [1.82, 2.24) is 0 Å².